The number of hydrogen-bond donors (Lipinski definition) is 0. The van der Waals surface area contributed by atoms with E-state index >= 15 is 0 Å². The summed E-state index contributed by atoms with van der Waals surface area (Å²) >= 11 is 1.46. The molecule has 6 heteroatoms. The molecule has 0 aliphatic rings. The number of thiazole rings is 1. The summed E-state index contributed by atoms with van der Waals surface area (Å²) in [5.74, 6) is -0.232. The van der Waals surface area contributed by atoms with Gasteiger partial charge in [-0.25, -0.2) is 0 Å². The third-order valence-corrected chi connectivity index (χ3v) is 4.46. The molecule has 0 spiro atoms. The summed E-state index contributed by atoms with van der Waals surface area (Å²) < 4.78 is 7.99. The zero-order valence-corrected chi connectivity index (χ0v) is 13.3. The van der Waals surface area contributed by atoms with Gasteiger partial charge in [-0.1, -0.05) is 24.3 Å². The summed E-state index contributed by atoms with van der Waals surface area (Å²) in [5.41, 5.74) is 2.64. The van der Waals surface area contributed by atoms with Crippen LogP contribution in [0.5, 0.6) is 0 Å². The first-order valence-electron chi connectivity index (χ1n) is 7.22. The Kier molecular flexibility index (Phi) is 3.94. The monoisotopic (exact) mass is 316 g/mol. The maximum Gasteiger partial charge on any atom is 0.310 e. The molecule has 0 aliphatic carbocycles. The minimum atomic E-state index is -0.232. The minimum Gasteiger partial charge on any atom is -0.466 e. The molecule has 5 nitrogen and oxygen atoms in total. The zero-order valence-electron chi connectivity index (χ0n) is 12.5. The second-order valence-electron chi connectivity index (χ2n) is 4.94. The van der Waals surface area contributed by atoms with Gasteiger partial charge in [0.2, 0.25) is 0 Å². The predicted molar refractivity (Wildman–Crippen MR) is 86.6 cm³/mol. The first-order valence-corrected chi connectivity index (χ1v) is 8.03. The lowest BCUT2D eigenvalue weighted by Crippen LogP contribution is -2.10. The Morgan fingerprint density at radius 1 is 1.32 bits per heavy atom. The summed E-state index contributed by atoms with van der Waals surface area (Å²) in [4.78, 5) is 28.0. The molecular formula is C16H16N2O3S. The number of carbonyl (C=O) groups is 1. The first kappa shape index (κ1) is 14.7. The molecule has 0 amide bonds. The SMILES string of the molecule is CCOC(=O)Cc1ccc2c(c1)sc1nc(=O)cc(CC)n12. The van der Waals surface area contributed by atoms with Gasteiger partial charge in [0.1, 0.15) is 0 Å². The van der Waals surface area contributed by atoms with Crippen molar-refractivity contribution < 1.29 is 9.53 Å². The Balaban J connectivity index is 2.12. The van der Waals surface area contributed by atoms with E-state index in [1.807, 2.05) is 29.5 Å². The smallest absolute Gasteiger partial charge is 0.310 e. The van der Waals surface area contributed by atoms with Crippen LogP contribution in [0.25, 0.3) is 15.2 Å². The number of ether oxygens (including phenoxy) is 1. The topological polar surface area (TPSA) is 60.7 Å². The van der Waals surface area contributed by atoms with Gasteiger partial charge in [0.05, 0.1) is 23.2 Å². The van der Waals surface area contributed by atoms with Crippen LogP contribution in [-0.2, 0) is 22.4 Å². The maximum absolute atomic E-state index is 11.6. The number of carbonyl (C=O) groups excluding carboxylic acids is 1. The molecule has 0 saturated carbocycles. The second kappa shape index (κ2) is 5.88. The fourth-order valence-electron chi connectivity index (χ4n) is 2.50. The molecule has 1 aromatic carbocycles. The summed E-state index contributed by atoms with van der Waals surface area (Å²) in [6.45, 7) is 4.19. The van der Waals surface area contributed by atoms with Crippen LogP contribution >= 0.6 is 11.3 Å². The van der Waals surface area contributed by atoms with Crippen LogP contribution in [0, 0.1) is 0 Å². The molecule has 2 heterocycles. The van der Waals surface area contributed by atoms with E-state index in [2.05, 4.69) is 4.98 Å². The van der Waals surface area contributed by atoms with Crippen LogP contribution in [0.3, 0.4) is 0 Å². The van der Waals surface area contributed by atoms with E-state index in [-0.39, 0.29) is 17.9 Å². The highest BCUT2D eigenvalue weighted by atomic mass is 32.1. The molecular weight excluding hydrogens is 300 g/mol. The van der Waals surface area contributed by atoms with Gasteiger partial charge in [-0.3, -0.25) is 14.0 Å². The van der Waals surface area contributed by atoms with Crippen molar-refractivity contribution in [2.24, 2.45) is 0 Å². The van der Waals surface area contributed by atoms with Gasteiger partial charge >= 0.3 is 5.97 Å². The van der Waals surface area contributed by atoms with Gasteiger partial charge in [-0.2, -0.15) is 4.98 Å². The van der Waals surface area contributed by atoms with Crippen molar-refractivity contribution >= 4 is 32.5 Å². The van der Waals surface area contributed by atoms with Crippen molar-refractivity contribution in [3.8, 4) is 0 Å². The number of rotatable bonds is 4. The normalized spacial score (nSPS) is 11.2. The highest BCUT2D eigenvalue weighted by Crippen LogP contribution is 2.27. The van der Waals surface area contributed by atoms with E-state index in [0.717, 1.165) is 27.9 Å². The lowest BCUT2D eigenvalue weighted by Gasteiger charge is -2.04. The Morgan fingerprint density at radius 2 is 2.14 bits per heavy atom. The van der Waals surface area contributed by atoms with Crippen molar-refractivity contribution in [3.05, 3.63) is 45.9 Å². The second-order valence-corrected chi connectivity index (χ2v) is 5.95. The molecule has 0 aliphatic heterocycles. The average Bonchev–Trinajstić information content (AvgIpc) is 2.83. The van der Waals surface area contributed by atoms with Crippen molar-refractivity contribution in [1.29, 1.82) is 0 Å². The van der Waals surface area contributed by atoms with Crippen LogP contribution in [0.4, 0.5) is 0 Å². The van der Waals surface area contributed by atoms with E-state index in [9.17, 15) is 9.59 Å². The van der Waals surface area contributed by atoms with E-state index in [1.54, 1.807) is 13.0 Å². The summed E-state index contributed by atoms with van der Waals surface area (Å²) in [7, 11) is 0. The lowest BCUT2D eigenvalue weighted by molar-refractivity contribution is -0.142. The minimum absolute atomic E-state index is 0.213. The van der Waals surface area contributed by atoms with Crippen LogP contribution in [0.15, 0.2) is 29.1 Å². The van der Waals surface area contributed by atoms with Gasteiger partial charge in [0, 0.05) is 11.8 Å². The third kappa shape index (κ3) is 2.62. The number of nitrogens with zero attached hydrogens (tertiary/aromatic N) is 2. The highest BCUT2D eigenvalue weighted by molar-refractivity contribution is 7.23. The Labute approximate surface area is 131 Å². The van der Waals surface area contributed by atoms with Gasteiger partial charge < -0.3 is 4.74 Å². The molecule has 0 N–H and O–H groups in total. The Morgan fingerprint density at radius 3 is 2.86 bits per heavy atom. The van der Waals surface area contributed by atoms with Gasteiger partial charge in [-0.15, -0.1) is 0 Å². The van der Waals surface area contributed by atoms with Crippen LogP contribution in [-0.4, -0.2) is 22.0 Å². The molecule has 0 radical (unpaired) electrons. The zero-order chi connectivity index (χ0) is 15.7. The first-order chi connectivity index (χ1) is 10.6. The van der Waals surface area contributed by atoms with Crippen molar-refractivity contribution in [2.45, 2.75) is 26.7 Å². The van der Waals surface area contributed by atoms with Crippen molar-refractivity contribution in [2.75, 3.05) is 6.61 Å². The summed E-state index contributed by atoms with van der Waals surface area (Å²) in [6, 6.07) is 7.43. The Bertz CT molecular complexity index is 911. The van der Waals surface area contributed by atoms with E-state index in [1.165, 1.54) is 11.3 Å². The Hall–Kier alpha value is -2.21. The fraction of sp³-hybridized carbons (Fsp3) is 0.312. The lowest BCUT2D eigenvalue weighted by atomic mass is 10.1. The van der Waals surface area contributed by atoms with Gasteiger partial charge in [0.25, 0.3) is 5.56 Å². The molecule has 3 aromatic rings. The molecule has 0 unspecified atom stereocenters. The molecule has 0 bridgehead atoms. The number of fused-ring (bicyclic) bond motifs is 3. The third-order valence-electron chi connectivity index (χ3n) is 3.46. The number of aryl methyl sites for hydroxylation is 1. The number of esters is 1. The fourth-order valence-corrected chi connectivity index (χ4v) is 3.62. The number of benzene rings is 1. The number of aromatic nitrogens is 2. The molecule has 3 rings (SSSR count). The molecule has 0 fully saturated rings. The van der Waals surface area contributed by atoms with E-state index in [0.29, 0.717) is 11.6 Å². The summed E-state index contributed by atoms with van der Waals surface area (Å²) in [5, 5.41) is 0. The van der Waals surface area contributed by atoms with Crippen LogP contribution in [0.2, 0.25) is 0 Å². The highest BCUT2D eigenvalue weighted by Gasteiger charge is 2.11. The van der Waals surface area contributed by atoms with Crippen molar-refractivity contribution in [1.82, 2.24) is 9.38 Å². The van der Waals surface area contributed by atoms with E-state index < -0.39 is 0 Å². The van der Waals surface area contributed by atoms with E-state index in [4.69, 9.17) is 4.74 Å². The summed E-state index contributed by atoms with van der Waals surface area (Å²) in [6.07, 6.45) is 1.01. The maximum atomic E-state index is 11.6. The average molecular weight is 316 g/mol. The quantitative estimate of drug-likeness (QED) is 0.694. The standard InChI is InChI=1S/C16H16N2O3S/c1-3-11-9-14(19)17-16-18(11)12-6-5-10(7-13(12)22-16)8-15(20)21-4-2/h5-7,9H,3-4,8H2,1-2H3. The molecule has 2 aromatic heterocycles. The van der Waals surface area contributed by atoms with Gasteiger partial charge in [-0.05, 0) is 31.0 Å². The number of hydrogen-bond acceptors (Lipinski definition) is 5. The van der Waals surface area contributed by atoms with Gasteiger partial charge in [0.15, 0.2) is 4.96 Å². The molecule has 0 saturated heterocycles. The molecule has 114 valence electrons. The van der Waals surface area contributed by atoms with Crippen molar-refractivity contribution in [3.63, 3.8) is 0 Å². The van der Waals surface area contributed by atoms with Crippen LogP contribution in [0.1, 0.15) is 25.1 Å². The molecule has 0 atom stereocenters. The largest absolute Gasteiger partial charge is 0.466 e. The van der Waals surface area contributed by atoms with Crippen LogP contribution < -0.4 is 5.56 Å². The predicted octanol–water partition coefficient (Wildman–Crippen LogP) is 2.58. The molecule has 22 heavy (non-hydrogen) atoms.